The van der Waals surface area contributed by atoms with E-state index in [-0.39, 0.29) is 5.82 Å². The Morgan fingerprint density at radius 2 is 1.79 bits per heavy atom. The maximum absolute atomic E-state index is 13.9. The highest BCUT2D eigenvalue weighted by Crippen LogP contribution is 2.48. The Morgan fingerprint density at radius 3 is 2.67 bits per heavy atom. The van der Waals surface area contributed by atoms with Crippen LogP contribution in [0.4, 0.5) is 4.39 Å². The largest absolute Gasteiger partial charge is 0.206 e. The van der Waals surface area contributed by atoms with E-state index in [1.165, 1.54) is 56.9 Å². The van der Waals surface area contributed by atoms with Crippen molar-refractivity contribution in [3.8, 4) is 0 Å². The van der Waals surface area contributed by atoms with E-state index >= 15 is 0 Å². The van der Waals surface area contributed by atoms with Crippen molar-refractivity contribution in [1.82, 2.24) is 0 Å². The summed E-state index contributed by atoms with van der Waals surface area (Å²) in [6.45, 7) is 2.32. The van der Waals surface area contributed by atoms with E-state index in [1.807, 2.05) is 18.2 Å². The average molecular weight is 324 g/mol. The van der Waals surface area contributed by atoms with Crippen molar-refractivity contribution in [1.29, 1.82) is 0 Å². The van der Waals surface area contributed by atoms with Gasteiger partial charge in [0.2, 0.25) is 0 Å². The van der Waals surface area contributed by atoms with Crippen LogP contribution in [0.15, 0.2) is 36.4 Å². The molecule has 2 saturated carbocycles. The molecule has 0 N–H and O–H groups in total. The smallest absolute Gasteiger partial charge is 0.131 e. The lowest BCUT2D eigenvalue weighted by atomic mass is 9.63. The minimum absolute atomic E-state index is 0.1000. The van der Waals surface area contributed by atoms with Crippen molar-refractivity contribution in [3.05, 3.63) is 47.8 Å². The van der Waals surface area contributed by atoms with Crippen LogP contribution in [0.1, 0.15) is 69.8 Å². The van der Waals surface area contributed by atoms with Gasteiger partial charge in [0.05, 0.1) is 0 Å². The molecule has 2 fully saturated rings. The summed E-state index contributed by atoms with van der Waals surface area (Å²) >= 11 is 0. The van der Waals surface area contributed by atoms with E-state index in [0.717, 1.165) is 28.5 Å². The zero-order valence-electron chi connectivity index (χ0n) is 14.8. The number of hydrogen-bond acceptors (Lipinski definition) is 0. The minimum atomic E-state index is -0.1000. The molecular weight excluding hydrogens is 295 g/mol. The maximum Gasteiger partial charge on any atom is 0.131 e. The Morgan fingerprint density at radius 1 is 0.958 bits per heavy atom. The molecule has 0 nitrogen and oxygen atoms in total. The number of rotatable bonds is 3. The molecule has 0 heterocycles. The van der Waals surface area contributed by atoms with E-state index < -0.39 is 0 Å². The fourth-order valence-electron chi connectivity index (χ4n) is 5.48. The molecule has 2 aromatic carbocycles. The summed E-state index contributed by atoms with van der Waals surface area (Å²) in [6.07, 6.45) is 11.2. The second-order valence-electron chi connectivity index (χ2n) is 8.22. The molecule has 2 aliphatic rings. The van der Waals surface area contributed by atoms with Gasteiger partial charge in [-0.3, -0.25) is 0 Å². The van der Waals surface area contributed by atoms with Gasteiger partial charge in [0.25, 0.3) is 0 Å². The third-order valence-corrected chi connectivity index (χ3v) is 6.74. The maximum atomic E-state index is 13.9. The van der Waals surface area contributed by atoms with Crippen molar-refractivity contribution < 1.29 is 4.39 Å². The Hall–Kier alpha value is -1.37. The van der Waals surface area contributed by atoms with Gasteiger partial charge < -0.3 is 0 Å². The number of halogens is 1. The highest BCUT2D eigenvalue weighted by atomic mass is 19.1. The van der Waals surface area contributed by atoms with Gasteiger partial charge in [-0.25, -0.2) is 4.39 Å². The third-order valence-electron chi connectivity index (χ3n) is 6.74. The van der Waals surface area contributed by atoms with Crippen LogP contribution in [-0.2, 0) is 0 Å². The molecule has 0 aliphatic heterocycles. The summed E-state index contributed by atoms with van der Waals surface area (Å²) in [7, 11) is 0. The van der Waals surface area contributed by atoms with Crippen molar-refractivity contribution in [3.63, 3.8) is 0 Å². The summed E-state index contributed by atoms with van der Waals surface area (Å²) in [4.78, 5) is 0. The molecule has 0 bridgehead atoms. The van der Waals surface area contributed by atoms with Gasteiger partial charge in [-0.1, -0.05) is 56.5 Å². The fraction of sp³-hybridized carbons (Fsp3) is 0.565. The van der Waals surface area contributed by atoms with Crippen molar-refractivity contribution >= 4 is 10.8 Å². The van der Waals surface area contributed by atoms with E-state index in [1.54, 1.807) is 6.07 Å². The van der Waals surface area contributed by atoms with Crippen LogP contribution >= 0.6 is 0 Å². The Kier molecular flexibility index (Phi) is 4.61. The van der Waals surface area contributed by atoms with Crippen LogP contribution in [0.25, 0.3) is 10.8 Å². The molecule has 128 valence electrons. The predicted molar refractivity (Wildman–Crippen MR) is 99.7 cm³/mol. The average Bonchev–Trinajstić information content (AvgIpc) is 2.61. The van der Waals surface area contributed by atoms with E-state index in [2.05, 4.69) is 19.1 Å². The first-order valence-corrected chi connectivity index (χ1v) is 9.92. The number of hydrogen-bond donors (Lipinski definition) is 0. The van der Waals surface area contributed by atoms with Gasteiger partial charge in [-0.05, 0) is 72.8 Å². The molecular formula is C23H29F. The predicted octanol–water partition coefficient (Wildman–Crippen LogP) is 7.08. The van der Waals surface area contributed by atoms with Gasteiger partial charge in [-0.15, -0.1) is 0 Å². The topological polar surface area (TPSA) is 0 Å². The van der Waals surface area contributed by atoms with Gasteiger partial charge in [-0.2, -0.15) is 0 Å². The monoisotopic (exact) mass is 324 g/mol. The quantitative estimate of drug-likeness (QED) is 0.566. The lowest BCUT2D eigenvalue weighted by Crippen LogP contribution is -2.30. The first-order valence-electron chi connectivity index (χ1n) is 9.92. The third kappa shape index (κ3) is 3.10. The van der Waals surface area contributed by atoms with Crippen LogP contribution < -0.4 is 0 Å². The zero-order valence-corrected chi connectivity index (χ0v) is 14.8. The van der Waals surface area contributed by atoms with Gasteiger partial charge >= 0.3 is 0 Å². The molecule has 0 aromatic heterocycles. The Balaban J connectivity index is 1.49. The number of benzene rings is 2. The molecule has 0 spiro atoms. The van der Waals surface area contributed by atoms with E-state index in [0.29, 0.717) is 5.92 Å². The van der Waals surface area contributed by atoms with Crippen LogP contribution in [0, 0.1) is 23.6 Å². The molecule has 4 rings (SSSR count). The molecule has 1 heteroatoms. The molecule has 0 radical (unpaired) electrons. The summed E-state index contributed by atoms with van der Waals surface area (Å²) in [5, 5.41) is 1.82. The molecule has 2 aliphatic carbocycles. The summed E-state index contributed by atoms with van der Waals surface area (Å²) in [5.74, 6) is 3.49. The summed E-state index contributed by atoms with van der Waals surface area (Å²) in [5.41, 5.74) is 1.43. The standard InChI is InChI=1S/C23H29F/c1-2-4-16-7-8-18-14-19(10-9-17(18)13-16)20-11-12-22-21(15-20)5-3-6-23(22)24/h3,5-6,11-12,15-19H,2,4,7-10,13-14H2,1H3. The van der Waals surface area contributed by atoms with Gasteiger partial charge in [0.15, 0.2) is 0 Å². The summed E-state index contributed by atoms with van der Waals surface area (Å²) < 4.78 is 13.9. The van der Waals surface area contributed by atoms with Crippen LogP contribution in [0.3, 0.4) is 0 Å². The highest BCUT2D eigenvalue weighted by Gasteiger charge is 2.35. The highest BCUT2D eigenvalue weighted by molar-refractivity contribution is 5.83. The molecule has 0 saturated heterocycles. The van der Waals surface area contributed by atoms with E-state index in [9.17, 15) is 4.39 Å². The minimum Gasteiger partial charge on any atom is -0.206 e. The molecule has 24 heavy (non-hydrogen) atoms. The van der Waals surface area contributed by atoms with Gasteiger partial charge in [0.1, 0.15) is 5.82 Å². The molecule has 2 aromatic rings. The van der Waals surface area contributed by atoms with Crippen molar-refractivity contribution in [2.45, 2.75) is 64.2 Å². The Bertz CT molecular complexity index is 704. The SMILES string of the molecule is CCCC1CCC2CC(c3ccc4c(F)cccc4c3)CCC2C1. The lowest BCUT2D eigenvalue weighted by Gasteiger charge is -2.42. The first-order chi connectivity index (χ1) is 11.7. The van der Waals surface area contributed by atoms with Crippen LogP contribution in [0.5, 0.6) is 0 Å². The molecule has 0 amide bonds. The summed E-state index contributed by atoms with van der Waals surface area (Å²) in [6, 6.07) is 11.8. The van der Waals surface area contributed by atoms with Crippen molar-refractivity contribution in [2.24, 2.45) is 17.8 Å². The number of fused-ring (bicyclic) bond motifs is 2. The van der Waals surface area contributed by atoms with E-state index in [4.69, 9.17) is 0 Å². The normalized spacial score (nSPS) is 30.2. The molecule has 4 atom stereocenters. The van der Waals surface area contributed by atoms with Crippen LogP contribution in [0.2, 0.25) is 0 Å². The molecule has 4 unspecified atom stereocenters. The Labute approximate surface area is 145 Å². The van der Waals surface area contributed by atoms with Crippen LogP contribution in [-0.4, -0.2) is 0 Å². The first kappa shape index (κ1) is 16.1. The van der Waals surface area contributed by atoms with Gasteiger partial charge in [0, 0.05) is 5.39 Å². The lowest BCUT2D eigenvalue weighted by molar-refractivity contribution is 0.114. The fourth-order valence-corrected chi connectivity index (χ4v) is 5.48. The zero-order chi connectivity index (χ0) is 16.5. The second-order valence-corrected chi connectivity index (χ2v) is 8.22. The second kappa shape index (κ2) is 6.86. The van der Waals surface area contributed by atoms with Crippen molar-refractivity contribution in [2.75, 3.05) is 0 Å².